The molecule has 0 atom stereocenters. The average Bonchev–Trinajstić information content (AvgIpc) is 3.62. The minimum Gasteiger partial charge on any atom is -0.456 e. The summed E-state index contributed by atoms with van der Waals surface area (Å²) in [5.74, 6) is 0. The van der Waals surface area contributed by atoms with Gasteiger partial charge in [-0.05, 0) is 124 Å². The second-order valence-electron chi connectivity index (χ2n) is 18.7. The monoisotopic (exact) mass is 971 g/mol. The maximum absolute atomic E-state index is 10.0. The molecule has 0 saturated carbocycles. The van der Waals surface area contributed by atoms with Gasteiger partial charge in [-0.1, -0.05) is 133 Å². The van der Waals surface area contributed by atoms with Gasteiger partial charge >= 0.3 is 0 Å². The number of rotatable bonds is 10. The Kier molecular flexibility index (Phi) is 8.23. The summed E-state index contributed by atoms with van der Waals surface area (Å²) in [5, 5.41) is 4.71. The number of fused-ring (bicyclic) bond motifs is 15. The standard InChI is InChI=1S/C67H45N7O/c1-2-12-46(13-3-1)59-34-55(47-26-27-52-51-16-8-11-21-64(51)75-65(52)33-47)58(37-70-59)50-15-5-4-14-49(50)48-29-42(22-24-44-31-56-62-38-68-40-73(62)60-19-9-6-17-53(60)66(56)71-35-44)28-43(30-48)23-25-45-32-57-63-39-69-41-74(63)61-20-10-7-18-54(61)67(57)72-36-45/h1-21,26-41H,22-25H2/i22D2,23D2,24D2,25D2. The largest absolute Gasteiger partial charge is 0.456 e. The molecule has 8 heteroatoms. The summed E-state index contributed by atoms with van der Waals surface area (Å²) in [6.45, 7) is 0. The Morgan fingerprint density at radius 2 is 0.907 bits per heavy atom. The second-order valence-corrected chi connectivity index (χ2v) is 18.7. The van der Waals surface area contributed by atoms with Crippen molar-refractivity contribution in [1.82, 2.24) is 33.7 Å². The molecule has 0 bridgehead atoms. The number of hydrogen-bond donors (Lipinski definition) is 0. The highest BCUT2D eigenvalue weighted by Gasteiger charge is 2.19. The average molecular weight is 972 g/mol. The summed E-state index contributed by atoms with van der Waals surface area (Å²) in [4.78, 5) is 23.5. The van der Waals surface area contributed by atoms with Crippen molar-refractivity contribution < 1.29 is 15.4 Å². The van der Waals surface area contributed by atoms with Gasteiger partial charge in [0.05, 0.1) is 63.8 Å². The predicted octanol–water partition coefficient (Wildman–Crippen LogP) is 15.9. The number of aromatic nitrogens is 7. The van der Waals surface area contributed by atoms with Gasteiger partial charge in [0, 0.05) is 73.0 Å². The smallest absolute Gasteiger partial charge is 0.136 e. The Morgan fingerprint density at radius 1 is 0.347 bits per heavy atom. The number of aryl methyl sites for hydroxylation is 4. The van der Waals surface area contributed by atoms with E-state index in [1.165, 1.54) is 18.5 Å². The van der Waals surface area contributed by atoms with Crippen LogP contribution in [0.3, 0.4) is 0 Å². The first kappa shape index (κ1) is 35.3. The van der Waals surface area contributed by atoms with Crippen LogP contribution in [0.15, 0.2) is 230 Å². The zero-order chi connectivity index (χ0) is 56.6. The van der Waals surface area contributed by atoms with Gasteiger partial charge in [-0.3, -0.25) is 23.8 Å². The number of furan rings is 1. The molecule has 354 valence electrons. The molecular formula is C67H45N7O. The molecule has 0 N–H and O–H groups in total. The Bertz CT molecular complexity index is 4960. The zero-order valence-electron chi connectivity index (χ0n) is 47.9. The topological polar surface area (TPSA) is 86.4 Å². The quantitative estimate of drug-likeness (QED) is 0.127. The van der Waals surface area contributed by atoms with Crippen LogP contribution in [0.1, 0.15) is 33.2 Å². The van der Waals surface area contributed by atoms with Crippen LogP contribution in [-0.4, -0.2) is 33.7 Å². The lowest BCUT2D eigenvalue weighted by Crippen LogP contribution is -1.99. The lowest BCUT2D eigenvalue weighted by Gasteiger charge is -2.17. The van der Waals surface area contributed by atoms with E-state index in [1.807, 2.05) is 154 Å². The first-order chi connectivity index (χ1) is 40.2. The van der Waals surface area contributed by atoms with Crippen molar-refractivity contribution in [3.8, 4) is 44.6 Å². The molecule has 7 aromatic carbocycles. The molecule has 8 aromatic heterocycles. The fourth-order valence-electron chi connectivity index (χ4n) is 10.8. The van der Waals surface area contributed by atoms with Crippen LogP contribution in [0.4, 0.5) is 0 Å². The number of pyridine rings is 5. The third kappa shape index (κ3) is 7.32. The lowest BCUT2D eigenvalue weighted by molar-refractivity contribution is 0.669. The van der Waals surface area contributed by atoms with Crippen molar-refractivity contribution >= 4 is 76.6 Å². The summed E-state index contributed by atoms with van der Waals surface area (Å²) in [5.41, 5.74) is 10.6. The van der Waals surface area contributed by atoms with Gasteiger partial charge in [0.1, 0.15) is 11.2 Å². The minimum absolute atomic E-state index is 0.0596. The highest BCUT2D eigenvalue weighted by atomic mass is 16.3. The molecule has 15 aromatic rings. The van der Waals surface area contributed by atoms with Crippen molar-refractivity contribution in [3.63, 3.8) is 0 Å². The molecule has 0 unspecified atom stereocenters. The minimum atomic E-state index is -2.91. The third-order valence-electron chi connectivity index (χ3n) is 14.3. The van der Waals surface area contributed by atoms with Gasteiger partial charge in [0.2, 0.25) is 0 Å². The molecule has 0 fully saturated rings. The zero-order valence-corrected chi connectivity index (χ0v) is 39.9. The highest BCUT2D eigenvalue weighted by Crippen LogP contribution is 2.42. The number of nitrogens with zero attached hydrogens (tertiary/aromatic N) is 7. The molecule has 0 aliphatic carbocycles. The summed E-state index contributed by atoms with van der Waals surface area (Å²) < 4.78 is 89.9. The van der Waals surface area contributed by atoms with Crippen LogP contribution in [-0.2, 0) is 25.5 Å². The molecule has 0 saturated heterocycles. The lowest BCUT2D eigenvalue weighted by atomic mass is 9.87. The van der Waals surface area contributed by atoms with Crippen LogP contribution in [0.25, 0.3) is 121 Å². The van der Waals surface area contributed by atoms with Crippen molar-refractivity contribution in [1.29, 1.82) is 0 Å². The van der Waals surface area contributed by atoms with Crippen LogP contribution < -0.4 is 0 Å². The van der Waals surface area contributed by atoms with Crippen LogP contribution in [0, 0.1) is 0 Å². The first-order valence-electron chi connectivity index (χ1n) is 28.7. The number of benzene rings is 7. The van der Waals surface area contributed by atoms with Gasteiger partial charge in [-0.15, -0.1) is 0 Å². The van der Waals surface area contributed by atoms with E-state index in [4.69, 9.17) is 19.4 Å². The molecule has 8 heterocycles. The van der Waals surface area contributed by atoms with Gasteiger partial charge in [0.25, 0.3) is 0 Å². The summed E-state index contributed by atoms with van der Waals surface area (Å²) in [6, 6.07) is 56.4. The Morgan fingerprint density at radius 3 is 1.57 bits per heavy atom. The van der Waals surface area contributed by atoms with E-state index in [2.05, 4.69) is 16.0 Å². The maximum atomic E-state index is 10.0. The first-order valence-corrected chi connectivity index (χ1v) is 24.7. The molecule has 15 rings (SSSR count). The normalized spacial score (nSPS) is 14.3. The van der Waals surface area contributed by atoms with Crippen LogP contribution in [0.5, 0.6) is 0 Å². The van der Waals surface area contributed by atoms with Crippen molar-refractivity contribution in [2.75, 3.05) is 0 Å². The van der Waals surface area contributed by atoms with Gasteiger partial charge in [-0.25, -0.2) is 9.97 Å². The fraction of sp³-hybridized carbons (Fsp3) is 0.0597. The predicted molar refractivity (Wildman–Crippen MR) is 304 cm³/mol. The molecule has 75 heavy (non-hydrogen) atoms. The van der Waals surface area contributed by atoms with Gasteiger partial charge in [0.15, 0.2) is 0 Å². The van der Waals surface area contributed by atoms with E-state index < -0.39 is 25.5 Å². The van der Waals surface area contributed by atoms with Crippen molar-refractivity contribution in [2.45, 2.75) is 25.5 Å². The maximum Gasteiger partial charge on any atom is 0.136 e. The van der Waals surface area contributed by atoms with Gasteiger partial charge < -0.3 is 4.42 Å². The van der Waals surface area contributed by atoms with E-state index in [0.717, 1.165) is 60.5 Å². The van der Waals surface area contributed by atoms with E-state index in [0.29, 0.717) is 60.7 Å². The van der Waals surface area contributed by atoms with Crippen molar-refractivity contribution in [2.24, 2.45) is 0 Å². The number of imidazole rings is 2. The van der Waals surface area contributed by atoms with E-state index >= 15 is 0 Å². The molecule has 0 aliphatic heterocycles. The second kappa shape index (κ2) is 17.5. The molecule has 0 amide bonds. The number of para-hydroxylation sites is 3. The molecule has 0 radical (unpaired) electrons. The van der Waals surface area contributed by atoms with E-state index in [9.17, 15) is 11.0 Å². The molecular weight excluding hydrogens is 919 g/mol. The summed E-state index contributed by atoms with van der Waals surface area (Å²) in [7, 11) is 0. The summed E-state index contributed by atoms with van der Waals surface area (Å²) in [6.07, 6.45) is -0.230. The van der Waals surface area contributed by atoms with E-state index in [-0.39, 0.29) is 22.3 Å². The number of hydrogen-bond acceptors (Lipinski definition) is 6. The highest BCUT2D eigenvalue weighted by molar-refractivity contribution is 6.12. The van der Waals surface area contributed by atoms with E-state index in [1.54, 1.807) is 55.5 Å². The Labute approximate surface area is 442 Å². The molecule has 0 aliphatic rings. The van der Waals surface area contributed by atoms with Crippen LogP contribution in [0.2, 0.25) is 0 Å². The van der Waals surface area contributed by atoms with Gasteiger partial charge in [-0.2, -0.15) is 0 Å². The van der Waals surface area contributed by atoms with Crippen LogP contribution >= 0.6 is 0 Å². The fourth-order valence-corrected chi connectivity index (χ4v) is 10.8. The summed E-state index contributed by atoms with van der Waals surface area (Å²) >= 11 is 0. The third-order valence-corrected chi connectivity index (χ3v) is 14.3. The SMILES string of the molecule is [2H]C([2H])(c1cc(-c2ccccc2-c2cnc(-c3ccccc3)cc2-c2ccc3c(c2)oc2ccccc23)cc(C([2H])([2H])C([2H])([2H])c2cnc3c4ccccc4n4cncc4c3c2)c1)C([2H])([2H])c1cnc2c3ccccc3n3cncc3c2c1. The Hall–Kier alpha value is -9.79. The van der Waals surface area contributed by atoms with Crippen molar-refractivity contribution in [3.05, 3.63) is 248 Å². The molecule has 0 spiro atoms. The molecule has 8 nitrogen and oxygen atoms in total. The Balaban J connectivity index is 0.930.